The van der Waals surface area contributed by atoms with Gasteiger partial charge < -0.3 is 0 Å². The van der Waals surface area contributed by atoms with E-state index in [0.29, 0.717) is 11.2 Å². The van der Waals surface area contributed by atoms with Gasteiger partial charge >= 0.3 is 0 Å². The topological polar surface area (TPSA) is 0 Å². The molecule has 1 aliphatic carbocycles. The number of hydrogen-bond acceptors (Lipinski definition) is 1. The van der Waals surface area contributed by atoms with Crippen LogP contribution in [-0.2, 0) is 0 Å². The minimum Gasteiger partial charge on any atom is -0.175 e. The largest absolute Gasteiger partial charge is 0.175 e. The molecule has 2 atom stereocenters. The minimum absolute atomic E-state index is 0.510. The molecule has 0 aliphatic heterocycles. The smallest absolute Gasteiger partial charge is 0.00857 e. The van der Waals surface area contributed by atoms with Gasteiger partial charge in [-0.1, -0.05) is 67.4 Å². The quantitative estimate of drug-likeness (QED) is 0.416. The predicted octanol–water partition coefficient (Wildman–Crippen LogP) is 5.95. The lowest BCUT2D eigenvalue weighted by Crippen LogP contribution is -2.18. The predicted molar refractivity (Wildman–Crippen MR) is 95.4 cm³/mol. The molecule has 2 unspecified atom stereocenters. The van der Waals surface area contributed by atoms with Gasteiger partial charge in [0, 0.05) is 5.25 Å². The molecule has 0 amide bonds. The van der Waals surface area contributed by atoms with Crippen LogP contribution in [0.1, 0.15) is 37.2 Å². The van der Waals surface area contributed by atoms with Crippen LogP contribution in [0, 0.1) is 0 Å². The highest BCUT2D eigenvalue weighted by atomic mass is 32.1. The number of rotatable bonds is 1. The Labute approximate surface area is 131 Å². The molecule has 1 aliphatic rings. The first-order valence-corrected chi connectivity index (χ1v) is 8.45. The molecule has 21 heavy (non-hydrogen) atoms. The fourth-order valence-electron chi connectivity index (χ4n) is 3.86. The van der Waals surface area contributed by atoms with Crippen molar-refractivity contribution in [3.63, 3.8) is 0 Å². The average Bonchev–Trinajstić information content (AvgIpc) is 2.55. The lowest BCUT2D eigenvalue weighted by atomic mass is 9.81. The first-order valence-electron chi connectivity index (χ1n) is 7.93. The van der Waals surface area contributed by atoms with Gasteiger partial charge in [-0.05, 0) is 45.9 Å². The van der Waals surface area contributed by atoms with Crippen molar-refractivity contribution in [2.24, 2.45) is 0 Å². The summed E-state index contributed by atoms with van der Waals surface area (Å²) in [4.78, 5) is 0. The first kappa shape index (κ1) is 13.2. The van der Waals surface area contributed by atoms with Gasteiger partial charge in [0.15, 0.2) is 0 Å². The Morgan fingerprint density at radius 3 is 2.43 bits per heavy atom. The number of thiol groups is 1. The molecule has 3 aromatic rings. The molecule has 1 saturated carbocycles. The van der Waals surface area contributed by atoms with Gasteiger partial charge in [-0.25, -0.2) is 0 Å². The van der Waals surface area contributed by atoms with E-state index in [4.69, 9.17) is 12.6 Å². The highest BCUT2D eigenvalue weighted by Gasteiger charge is 2.25. The number of benzene rings is 3. The van der Waals surface area contributed by atoms with E-state index in [-0.39, 0.29) is 0 Å². The van der Waals surface area contributed by atoms with Crippen LogP contribution >= 0.6 is 12.6 Å². The maximum Gasteiger partial charge on any atom is 0.00857 e. The van der Waals surface area contributed by atoms with Crippen LogP contribution in [0.15, 0.2) is 54.6 Å². The second-order valence-corrected chi connectivity index (χ2v) is 6.85. The highest BCUT2D eigenvalue weighted by Crippen LogP contribution is 2.40. The summed E-state index contributed by atoms with van der Waals surface area (Å²) in [5, 5.41) is 6.01. The van der Waals surface area contributed by atoms with E-state index >= 15 is 0 Å². The summed E-state index contributed by atoms with van der Waals surface area (Å²) in [7, 11) is 0. The van der Waals surface area contributed by atoms with Crippen LogP contribution < -0.4 is 0 Å². The first-order chi connectivity index (χ1) is 10.3. The maximum absolute atomic E-state index is 4.87. The third-order valence-electron chi connectivity index (χ3n) is 4.95. The van der Waals surface area contributed by atoms with E-state index in [0.717, 1.165) is 0 Å². The summed E-state index contributed by atoms with van der Waals surface area (Å²) in [5.74, 6) is 0.604. The van der Waals surface area contributed by atoms with Crippen molar-refractivity contribution >= 4 is 34.2 Å². The molecule has 0 heterocycles. The lowest BCUT2D eigenvalue weighted by Gasteiger charge is -2.29. The summed E-state index contributed by atoms with van der Waals surface area (Å²) in [6, 6.07) is 20.1. The summed E-state index contributed by atoms with van der Waals surface area (Å²) in [6.45, 7) is 0. The molecule has 4 rings (SSSR count). The van der Waals surface area contributed by atoms with Crippen molar-refractivity contribution in [3.8, 4) is 0 Å². The Morgan fingerprint density at radius 2 is 1.52 bits per heavy atom. The molecule has 0 saturated heterocycles. The molecule has 1 fully saturated rings. The van der Waals surface area contributed by atoms with Crippen molar-refractivity contribution in [1.29, 1.82) is 0 Å². The fourth-order valence-corrected chi connectivity index (χ4v) is 4.35. The SMILES string of the molecule is SC1CCCCC1c1cccc2c1ccc1ccccc12. The molecule has 0 nitrogen and oxygen atoms in total. The molecule has 1 heteroatoms. The Kier molecular flexibility index (Phi) is 3.39. The molecule has 0 bridgehead atoms. The number of hydrogen-bond donors (Lipinski definition) is 1. The Morgan fingerprint density at radius 1 is 0.714 bits per heavy atom. The third-order valence-corrected chi connectivity index (χ3v) is 5.57. The minimum atomic E-state index is 0.510. The zero-order chi connectivity index (χ0) is 14.2. The molecule has 3 aromatic carbocycles. The van der Waals surface area contributed by atoms with Gasteiger partial charge in [0.1, 0.15) is 0 Å². The summed E-state index contributed by atoms with van der Waals surface area (Å²) >= 11 is 4.87. The fraction of sp³-hybridized carbons (Fsp3) is 0.300. The van der Waals surface area contributed by atoms with E-state index in [1.807, 2.05) is 0 Å². The molecule has 0 radical (unpaired) electrons. The molecular formula is C20H20S. The van der Waals surface area contributed by atoms with Crippen LogP contribution in [-0.4, -0.2) is 5.25 Å². The van der Waals surface area contributed by atoms with Crippen molar-refractivity contribution in [2.45, 2.75) is 36.9 Å². The van der Waals surface area contributed by atoms with Crippen LogP contribution in [0.25, 0.3) is 21.5 Å². The van der Waals surface area contributed by atoms with Crippen LogP contribution in [0.2, 0.25) is 0 Å². The van der Waals surface area contributed by atoms with E-state index < -0.39 is 0 Å². The van der Waals surface area contributed by atoms with E-state index in [9.17, 15) is 0 Å². The van der Waals surface area contributed by atoms with Gasteiger partial charge in [0.05, 0.1) is 0 Å². The Bertz CT molecular complexity index is 790. The summed E-state index contributed by atoms with van der Waals surface area (Å²) in [5.41, 5.74) is 1.50. The molecular weight excluding hydrogens is 272 g/mol. The number of fused-ring (bicyclic) bond motifs is 3. The van der Waals surface area contributed by atoms with E-state index in [1.54, 1.807) is 0 Å². The van der Waals surface area contributed by atoms with Crippen LogP contribution in [0.4, 0.5) is 0 Å². The van der Waals surface area contributed by atoms with Crippen LogP contribution in [0.5, 0.6) is 0 Å². The van der Waals surface area contributed by atoms with Gasteiger partial charge in [-0.3, -0.25) is 0 Å². The lowest BCUT2D eigenvalue weighted by molar-refractivity contribution is 0.459. The van der Waals surface area contributed by atoms with E-state index in [1.165, 1.54) is 52.8 Å². The molecule has 106 valence electrons. The molecule has 0 aromatic heterocycles. The zero-order valence-corrected chi connectivity index (χ0v) is 13.0. The standard InChI is InChI=1S/C20H20S/c21-20-11-4-3-8-19(20)17-10-5-9-16-15-7-2-1-6-14(15)12-13-18(16)17/h1-2,5-7,9-10,12-13,19-21H,3-4,8,11H2. The van der Waals surface area contributed by atoms with Crippen molar-refractivity contribution < 1.29 is 0 Å². The van der Waals surface area contributed by atoms with Gasteiger partial charge in [-0.2, -0.15) is 12.6 Å². The zero-order valence-electron chi connectivity index (χ0n) is 12.1. The van der Waals surface area contributed by atoms with Gasteiger partial charge in [0.2, 0.25) is 0 Å². The normalized spacial score (nSPS) is 22.7. The molecule has 0 N–H and O–H groups in total. The third kappa shape index (κ3) is 2.24. The van der Waals surface area contributed by atoms with Crippen LogP contribution in [0.3, 0.4) is 0 Å². The monoisotopic (exact) mass is 292 g/mol. The van der Waals surface area contributed by atoms with Gasteiger partial charge in [-0.15, -0.1) is 0 Å². The Hall–Kier alpha value is -1.47. The average molecular weight is 292 g/mol. The summed E-state index contributed by atoms with van der Waals surface area (Å²) < 4.78 is 0. The highest BCUT2D eigenvalue weighted by molar-refractivity contribution is 7.81. The molecule has 0 spiro atoms. The van der Waals surface area contributed by atoms with E-state index in [2.05, 4.69) is 54.6 Å². The van der Waals surface area contributed by atoms with Crippen molar-refractivity contribution in [1.82, 2.24) is 0 Å². The van der Waals surface area contributed by atoms with Gasteiger partial charge in [0.25, 0.3) is 0 Å². The maximum atomic E-state index is 4.87. The van der Waals surface area contributed by atoms with Crippen molar-refractivity contribution in [2.75, 3.05) is 0 Å². The summed E-state index contributed by atoms with van der Waals surface area (Å²) in [6.07, 6.45) is 5.20. The second-order valence-electron chi connectivity index (χ2n) is 6.19. The van der Waals surface area contributed by atoms with Crippen molar-refractivity contribution in [3.05, 3.63) is 60.2 Å². The Balaban J connectivity index is 1.96. The second kappa shape index (κ2) is 5.38.